The van der Waals surface area contributed by atoms with Crippen LogP contribution in [0, 0.1) is 0 Å². The highest BCUT2D eigenvalue weighted by Crippen LogP contribution is 2.35. The molecule has 0 spiro atoms. The summed E-state index contributed by atoms with van der Waals surface area (Å²) in [5.74, 6) is 1.85. The van der Waals surface area contributed by atoms with E-state index in [0.717, 1.165) is 29.6 Å². The van der Waals surface area contributed by atoms with E-state index in [2.05, 4.69) is 15.2 Å². The van der Waals surface area contributed by atoms with Crippen molar-refractivity contribution in [2.24, 2.45) is 0 Å². The summed E-state index contributed by atoms with van der Waals surface area (Å²) in [4.78, 5) is 6.71. The molecule has 204 valence electrons. The third-order valence-electron chi connectivity index (χ3n) is 6.77. The number of hydrogen-bond acceptors (Lipinski definition) is 10. The number of nitrogens with one attached hydrogen (secondary N) is 1. The molecule has 5 rings (SSSR count). The number of likely N-dealkylation sites (N-methyl/N-ethyl adjacent to an activating group) is 1. The zero-order chi connectivity index (χ0) is 26.6. The molecular formula is C27H34N4O7. The van der Waals surface area contributed by atoms with Crippen molar-refractivity contribution in [2.45, 2.75) is 37.5 Å². The Morgan fingerprint density at radius 1 is 1.08 bits per heavy atom. The van der Waals surface area contributed by atoms with E-state index in [4.69, 9.17) is 19.0 Å². The van der Waals surface area contributed by atoms with Gasteiger partial charge in [-0.25, -0.2) is 4.98 Å². The third-order valence-corrected chi connectivity index (χ3v) is 6.77. The van der Waals surface area contributed by atoms with E-state index in [1.54, 1.807) is 4.57 Å². The molecule has 11 nitrogen and oxygen atoms in total. The second-order valence-corrected chi connectivity index (χ2v) is 9.52. The fraction of sp³-hybridized carbons (Fsp3) is 0.444. The summed E-state index contributed by atoms with van der Waals surface area (Å²) in [5.41, 5.74) is 2.12. The number of ether oxygens (including phenoxy) is 2. The largest absolute Gasteiger partial charge is 0.493 e. The lowest BCUT2D eigenvalue weighted by atomic mass is 10.1. The molecule has 2 aromatic carbocycles. The molecule has 0 bridgehead atoms. The molecule has 1 saturated heterocycles. The smallest absolute Gasteiger partial charge is 0.206 e. The summed E-state index contributed by atoms with van der Waals surface area (Å²) >= 11 is 0. The van der Waals surface area contributed by atoms with E-state index in [-0.39, 0.29) is 6.61 Å². The van der Waals surface area contributed by atoms with Crippen molar-refractivity contribution in [3.8, 4) is 5.75 Å². The predicted octanol–water partition coefficient (Wildman–Crippen LogP) is 1.70. The zero-order valence-electron chi connectivity index (χ0n) is 21.2. The highest BCUT2D eigenvalue weighted by atomic mass is 16.6. The Labute approximate surface area is 219 Å². The summed E-state index contributed by atoms with van der Waals surface area (Å²) in [5, 5.41) is 43.7. The van der Waals surface area contributed by atoms with Gasteiger partial charge in [0.1, 0.15) is 35.4 Å². The van der Waals surface area contributed by atoms with Crippen LogP contribution in [-0.2, 0) is 11.3 Å². The van der Waals surface area contributed by atoms with E-state index >= 15 is 0 Å². The average molecular weight is 527 g/mol. The minimum Gasteiger partial charge on any atom is -0.493 e. The Balaban J connectivity index is 1.28. The summed E-state index contributed by atoms with van der Waals surface area (Å²) in [6.45, 7) is 2.10. The number of aliphatic hydroxyl groups is 4. The van der Waals surface area contributed by atoms with Gasteiger partial charge in [0.05, 0.1) is 37.4 Å². The van der Waals surface area contributed by atoms with Gasteiger partial charge in [0.15, 0.2) is 6.23 Å². The topological polar surface area (TPSA) is 146 Å². The molecular weight excluding hydrogens is 492 g/mol. The Hall–Kier alpha value is -3.19. The van der Waals surface area contributed by atoms with Crippen molar-refractivity contribution in [1.29, 1.82) is 0 Å². The summed E-state index contributed by atoms with van der Waals surface area (Å²) in [7, 11) is 1.97. The monoisotopic (exact) mass is 526 g/mol. The summed E-state index contributed by atoms with van der Waals surface area (Å²) < 4.78 is 19.4. The zero-order valence-corrected chi connectivity index (χ0v) is 21.2. The number of para-hydroxylation sites is 2. The molecule has 0 unspecified atom stereocenters. The van der Waals surface area contributed by atoms with Gasteiger partial charge in [-0.3, -0.25) is 4.57 Å². The number of anilines is 1. The summed E-state index contributed by atoms with van der Waals surface area (Å²) in [6.07, 6.45) is -3.41. The van der Waals surface area contributed by atoms with E-state index in [1.165, 1.54) is 0 Å². The number of rotatable bonds is 12. The quantitative estimate of drug-likeness (QED) is 0.173. The lowest BCUT2D eigenvalue weighted by Gasteiger charge is -2.20. The molecule has 1 fully saturated rings. The van der Waals surface area contributed by atoms with Crippen molar-refractivity contribution in [2.75, 3.05) is 45.3 Å². The molecule has 4 atom stereocenters. The molecule has 3 heterocycles. The molecule has 4 aromatic rings. The molecule has 0 radical (unpaired) electrons. The first kappa shape index (κ1) is 26.4. The normalized spacial score (nSPS) is 21.6. The van der Waals surface area contributed by atoms with E-state index in [9.17, 15) is 15.3 Å². The van der Waals surface area contributed by atoms with Crippen LogP contribution in [0.5, 0.6) is 5.75 Å². The van der Waals surface area contributed by atoms with Gasteiger partial charge in [0.25, 0.3) is 0 Å². The van der Waals surface area contributed by atoms with Crippen molar-refractivity contribution in [3.05, 3.63) is 54.3 Å². The van der Waals surface area contributed by atoms with Crippen LogP contribution in [0.15, 0.2) is 52.9 Å². The molecule has 0 amide bonds. The van der Waals surface area contributed by atoms with Crippen LogP contribution in [0.25, 0.3) is 22.0 Å². The Kier molecular flexibility index (Phi) is 8.12. The average Bonchev–Trinajstić information content (AvgIpc) is 3.58. The van der Waals surface area contributed by atoms with Gasteiger partial charge in [-0.2, -0.15) is 0 Å². The van der Waals surface area contributed by atoms with Gasteiger partial charge in [-0.05, 0) is 43.8 Å². The van der Waals surface area contributed by atoms with Crippen molar-refractivity contribution < 1.29 is 34.3 Å². The van der Waals surface area contributed by atoms with E-state index in [1.807, 2.05) is 55.6 Å². The fourth-order valence-electron chi connectivity index (χ4n) is 4.74. The van der Waals surface area contributed by atoms with Gasteiger partial charge in [-0.15, -0.1) is 0 Å². The van der Waals surface area contributed by atoms with Gasteiger partial charge in [0, 0.05) is 24.5 Å². The van der Waals surface area contributed by atoms with Gasteiger partial charge >= 0.3 is 0 Å². The van der Waals surface area contributed by atoms with Gasteiger partial charge in [-0.1, -0.05) is 12.1 Å². The lowest BCUT2D eigenvalue weighted by molar-refractivity contribution is -0.0499. The highest BCUT2D eigenvalue weighted by Gasteiger charge is 2.44. The van der Waals surface area contributed by atoms with Crippen LogP contribution in [0.4, 0.5) is 5.95 Å². The lowest BCUT2D eigenvalue weighted by Crippen LogP contribution is -2.33. The van der Waals surface area contributed by atoms with Crippen LogP contribution < -0.4 is 10.1 Å². The summed E-state index contributed by atoms with van der Waals surface area (Å²) in [6, 6.07) is 15.1. The highest BCUT2D eigenvalue weighted by molar-refractivity contribution is 5.80. The molecule has 0 aliphatic carbocycles. The maximum absolute atomic E-state index is 10.6. The van der Waals surface area contributed by atoms with Crippen molar-refractivity contribution in [3.63, 3.8) is 0 Å². The number of aliphatic hydroxyl groups excluding tert-OH is 4. The van der Waals surface area contributed by atoms with Gasteiger partial charge < -0.3 is 44.5 Å². The number of fused-ring (bicyclic) bond motifs is 2. The Morgan fingerprint density at radius 2 is 1.92 bits per heavy atom. The van der Waals surface area contributed by atoms with Crippen LogP contribution >= 0.6 is 0 Å². The number of benzene rings is 2. The number of nitrogens with zero attached hydrogens (tertiary/aromatic N) is 3. The molecule has 38 heavy (non-hydrogen) atoms. The molecule has 2 aromatic heterocycles. The van der Waals surface area contributed by atoms with E-state index < -0.39 is 31.1 Å². The molecule has 11 heteroatoms. The SMILES string of the molecule is CN(CCO)CCCOc1ccc2cc(CNc3nc4ccccc4n3[C@@H]3O[C@H](CO)[C@@H](O)[C@H]3O)oc2c1. The van der Waals surface area contributed by atoms with E-state index in [0.29, 0.717) is 42.5 Å². The minimum absolute atomic E-state index is 0.144. The first-order valence-corrected chi connectivity index (χ1v) is 12.8. The maximum atomic E-state index is 10.6. The molecule has 5 N–H and O–H groups in total. The standard InChI is InChI=1S/C27H34N4O7/c1-30(10-11-32)9-4-12-36-18-8-7-17-13-19(37-22(17)14-18)15-28-27-29-20-5-2-3-6-21(20)31(27)26-25(35)24(34)23(16-33)38-26/h2-3,5-8,13-14,23-26,32-35H,4,9-12,15-16H2,1H3,(H,28,29)/t23-,24-,25-,26-/m1/s1. The van der Waals surface area contributed by atoms with Crippen molar-refractivity contribution in [1.82, 2.24) is 14.5 Å². The van der Waals surface area contributed by atoms with Crippen molar-refractivity contribution >= 4 is 28.0 Å². The van der Waals surface area contributed by atoms with Gasteiger partial charge in [0.2, 0.25) is 5.95 Å². The second kappa shape index (κ2) is 11.7. The van der Waals surface area contributed by atoms with Crippen LogP contribution in [0.1, 0.15) is 18.4 Å². The fourth-order valence-corrected chi connectivity index (χ4v) is 4.74. The first-order chi connectivity index (χ1) is 18.5. The van der Waals surface area contributed by atoms with Crippen LogP contribution in [0.2, 0.25) is 0 Å². The number of furan rings is 1. The second-order valence-electron chi connectivity index (χ2n) is 9.52. The Morgan fingerprint density at radius 3 is 2.71 bits per heavy atom. The maximum Gasteiger partial charge on any atom is 0.206 e. The van der Waals surface area contributed by atoms with Crippen LogP contribution in [0.3, 0.4) is 0 Å². The van der Waals surface area contributed by atoms with Crippen LogP contribution in [-0.4, -0.2) is 93.1 Å². The third kappa shape index (κ3) is 5.48. The number of imidazole rings is 1. The Bertz CT molecular complexity index is 1360. The number of aromatic nitrogens is 2. The molecule has 0 saturated carbocycles. The molecule has 1 aliphatic rings. The minimum atomic E-state index is -1.23. The number of hydrogen-bond donors (Lipinski definition) is 5. The first-order valence-electron chi connectivity index (χ1n) is 12.8. The predicted molar refractivity (Wildman–Crippen MR) is 141 cm³/mol. The molecule has 1 aliphatic heterocycles.